The molecule has 0 aliphatic heterocycles. The highest BCUT2D eigenvalue weighted by Gasteiger charge is 2.12. The first-order valence-electron chi connectivity index (χ1n) is 7.10. The van der Waals surface area contributed by atoms with Crippen molar-refractivity contribution in [3.8, 4) is 0 Å². The first-order chi connectivity index (χ1) is 9.69. The lowest BCUT2D eigenvalue weighted by molar-refractivity contribution is 0.0935. The van der Waals surface area contributed by atoms with Gasteiger partial charge in [-0.25, -0.2) is 0 Å². The molecule has 1 N–H and O–H groups in total. The summed E-state index contributed by atoms with van der Waals surface area (Å²) >= 11 is 0. The Labute approximate surface area is 120 Å². The van der Waals surface area contributed by atoms with Gasteiger partial charge in [0.25, 0.3) is 5.91 Å². The highest BCUT2D eigenvalue weighted by atomic mass is 16.1. The van der Waals surface area contributed by atoms with Crippen LogP contribution in [-0.2, 0) is 6.42 Å². The van der Waals surface area contributed by atoms with Crippen molar-refractivity contribution in [3.63, 3.8) is 0 Å². The summed E-state index contributed by atoms with van der Waals surface area (Å²) in [5.41, 5.74) is 3.09. The van der Waals surface area contributed by atoms with Crippen LogP contribution in [0.25, 0.3) is 0 Å². The van der Waals surface area contributed by atoms with E-state index in [1.165, 1.54) is 5.56 Å². The molecule has 2 rings (SSSR count). The lowest BCUT2D eigenvalue weighted by Crippen LogP contribution is -2.36. The van der Waals surface area contributed by atoms with Gasteiger partial charge in [0.15, 0.2) is 0 Å². The molecule has 0 saturated carbocycles. The van der Waals surface area contributed by atoms with Crippen LogP contribution in [0.3, 0.4) is 0 Å². The topological polar surface area (TPSA) is 29.1 Å². The number of hydrogen-bond acceptors (Lipinski definition) is 1. The van der Waals surface area contributed by atoms with Crippen molar-refractivity contribution < 1.29 is 4.79 Å². The van der Waals surface area contributed by atoms with Crippen molar-refractivity contribution >= 4 is 5.91 Å². The zero-order valence-corrected chi connectivity index (χ0v) is 12.1. The summed E-state index contributed by atoms with van der Waals surface area (Å²) in [6.45, 7) is 4.10. The molecule has 0 fully saturated rings. The van der Waals surface area contributed by atoms with Gasteiger partial charge in [0.05, 0.1) is 0 Å². The number of benzene rings is 2. The van der Waals surface area contributed by atoms with Crippen molar-refractivity contribution in [2.75, 3.05) is 0 Å². The molecular formula is C18H21NO. The second-order valence-corrected chi connectivity index (χ2v) is 5.14. The van der Waals surface area contributed by atoms with E-state index >= 15 is 0 Å². The Bertz CT molecular complexity index is 563. The molecule has 0 bridgehead atoms. The molecule has 0 heterocycles. The Hall–Kier alpha value is -2.09. The lowest BCUT2D eigenvalue weighted by Gasteiger charge is -2.17. The number of nitrogens with one attached hydrogen (secondary N) is 1. The van der Waals surface area contributed by atoms with Gasteiger partial charge in [-0.05, 0) is 37.5 Å². The maximum absolute atomic E-state index is 12.2. The number of rotatable bonds is 5. The minimum atomic E-state index is 0.0106. The van der Waals surface area contributed by atoms with Crippen molar-refractivity contribution in [1.82, 2.24) is 5.32 Å². The summed E-state index contributed by atoms with van der Waals surface area (Å²) in [5.74, 6) is 0.0106. The molecule has 0 radical (unpaired) electrons. The second kappa shape index (κ2) is 6.90. The smallest absolute Gasteiger partial charge is 0.251 e. The molecule has 1 unspecified atom stereocenters. The van der Waals surface area contributed by atoms with Crippen molar-refractivity contribution in [2.45, 2.75) is 32.7 Å². The van der Waals surface area contributed by atoms with E-state index in [0.29, 0.717) is 0 Å². The second-order valence-electron chi connectivity index (χ2n) is 5.14. The van der Waals surface area contributed by atoms with Crippen LogP contribution < -0.4 is 5.32 Å². The van der Waals surface area contributed by atoms with Crippen molar-refractivity contribution in [1.29, 1.82) is 0 Å². The molecule has 1 amide bonds. The molecule has 0 saturated heterocycles. The molecule has 0 aromatic heterocycles. The first-order valence-corrected chi connectivity index (χ1v) is 7.10. The Morgan fingerprint density at radius 3 is 2.50 bits per heavy atom. The van der Waals surface area contributed by atoms with E-state index in [1.807, 2.05) is 49.4 Å². The van der Waals surface area contributed by atoms with Crippen molar-refractivity contribution in [3.05, 3.63) is 71.3 Å². The van der Waals surface area contributed by atoms with Crippen LogP contribution in [0.2, 0.25) is 0 Å². The Kier molecular flexibility index (Phi) is 4.94. The average molecular weight is 267 g/mol. The molecule has 1 atom stereocenters. The van der Waals surface area contributed by atoms with Crippen LogP contribution >= 0.6 is 0 Å². The first kappa shape index (κ1) is 14.3. The normalized spacial score (nSPS) is 11.9. The Morgan fingerprint density at radius 2 is 1.85 bits per heavy atom. The highest BCUT2D eigenvalue weighted by Crippen LogP contribution is 2.08. The van der Waals surface area contributed by atoms with E-state index in [2.05, 4.69) is 24.4 Å². The van der Waals surface area contributed by atoms with E-state index in [0.717, 1.165) is 24.0 Å². The molecule has 0 spiro atoms. The van der Waals surface area contributed by atoms with Gasteiger partial charge in [-0.1, -0.05) is 55.0 Å². The predicted octanol–water partition coefficient (Wildman–Crippen LogP) is 3.75. The van der Waals surface area contributed by atoms with Gasteiger partial charge in [0.1, 0.15) is 0 Å². The van der Waals surface area contributed by atoms with E-state index < -0.39 is 0 Å². The molecule has 2 aromatic rings. The van der Waals surface area contributed by atoms with Gasteiger partial charge < -0.3 is 5.32 Å². The van der Waals surface area contributed by atoms with Crippen LogP contribution in [-0.4, -0.2) is 11.9 Å². The quantitative estimate of drug-likeness (QED) is 0.878. The molecule has 2 nitrogen and oxygen atoms in total. The fourth-order valence-corrected chi connectivity index (χ4v) is 2.25. The third-order valence-electron chi connectivity index (χ3n) is 3.43. The van der Waals surface area contributed by atoms with Crippen LogP contribution in [0.15, 0.2) is 54.6 Å². The molecule has 20 heavy (non-hydrogen) atoms. The summed E-state index contributed by atoms with van der Waals surface area (Å²) in [6.07, 6.45) is 1.79. The van der Waals surface area contributed by atoms with E-state index in [4.69, 9.17) is 0 Å². The van der Waals surface area contributed by atoms with Gasteiger partial charge >= 0.3 is 0 Å². The van der Waals surface area contributed by atoms with Crippen LogP contribution in [0.1, 0.15) is 34.8 Å². The van der Waals surface area contributed by atoms with Gasteiger partial charge in [-0.2, -0.15) is 0 Å². The number of hydrogen-bond donors (Lipinski definition) is 1. The summed E-state index contributed by atoms with van der Waals surface area (Å²) in [5, 5.41) is 3.12. The Balaban J connectivity index is 2.01. The number of carbonyl (C=O) groups is 1. The van der Waals surface area contributed by atoms with Gasteiger partial charge in [-0.3, -0.25) is 4.79 Å². The maximum atomic E-state index is 12.2. The standard InChI is InChI=1S/C18H21NO/c1-3-17(13-15-9-5-4-6-10-15)19-18(20)16-11-7-8-14(2)12-16/h4-12,17H,3,13H2,1-2H3,(H,19,20). The lowest BCUT2D eigenvalue weighted by atomic mass is 10.0. The molecule has 0 aliphatic carbocycles. The summed E-state index contributed by atoms with van der Waals surface area (Å²) in [7, 11) is 0. The van der Waals surface area contributed by atoms with E-state index in [9.17, 15) is 4.79 Å². The van der Waals surface area contributed by atoms with E-state index in [-0.39, 0.29) is 11.9 Å². The van der Waals surface area contributed by atoms with Gasteiger partial charge in [0.2, 0.25) is 0 Å². The van der Waals surface area contributed by atoms with Crippen molar-refractivity contribution in [2.24, 2.45) is 0 Å². The summed E-state index contributed by atoms with van der Waals surface area (Å²) in [6, 6.07) is 18.1. The van der Waals surface area contributed by atoms with Gasteiger partial charge in [0, 0.05) is 11.6 Å². The predicted molar refractivity (Wildman–Crippen MR) is 82.9 cm³/mol. The third-order valence-corrected chi connectivity index (χ3v) is 3.43. The summed E-state index contributed by atoms with van der Waals surface area (Å²) < 4.78 is 0. The number of amides is 1. The van der Waals surface area contributed by atoms with Gasteiger partial charge in [-0.15, -0.1) is 0 Å². The molecule has 2 heteroatoms. The van der Waals surface area contributed by atoms with E-state index in [1.54, 1.807) is 0 Å². The third kappa shape index (κ3) is 3.95. The maximum Gasteiger partial charge on any atom is 0.251 e. The van der Waals surface area contributed by atoms with Crippen LogP contribution in [0, 0.1) is 6.92 Å². The van der Waals surface area contributed by atoms with Crippen LogP contribution in [0.4, 0.5) is 0 Å². The largest absolute Gasteiger partial charge is 0.349 e. The minimum absolute atomic E-state index is 0.0106. The fraction of sp³-hybridized carbons (Fsp3) is 0.278. The molecule has 104 valence electrons. The molecule has 2 aromatic carbocycles. The highest BCUT2D eigenvalue weighted by molar-refractivity contribution is 5.94. The zero-order valence-electron chi connectivity index (χ0n) is 12.1. The molecule has 0 aliphatic rings. The minimum Gasteiger partial charge on any atom is -0.349 e. The fourth-order valence-electron chi connectivity index (χ4n) is 2.25. The zero-order chi connectivity index (χ0) is 14.4. The monoisotopic (exact) mass is 267 g/mol. The SMILES string of the molecule is CCC(Cc1ccccc1)NC(=O)c1cccc(C)c1. The number of carbonyl (C=O) groups excluding carboxylic acids is 1. The van der Waals surface area contributed by atoms with Crippen LogP contribution in [0.5, 0.6) is 0 Å². The molecular weight excluding hydrogens is 246 g/mol. The summed E-state index contributed by atoms with van der Waals surface area (Å²) in [4.78, 5) is 12.2. The average Bonchev–Trinajstić information content (AvgIpc) is 2.47. The Morgan fingerprint density at radius 1 is 1.10 bits per heavy atom. The number of aryl methyl sites for hydroxylation is 1.